The molecule has 7 nitrogen and oxygen atoms in total. The van der Waals surface area contributed by atoms with Gasteiger partial charge in [0.15, 0.2) is 0 Å². The molecule has 0 aliphatic carbocycles. The largest absolute Gasteiger partial charge is 0.357 e. The molecule has 2 aromatic rings. The molecule has 1 atom stereocenters. The van der Waals surface area contributed by atoms with Crippen LogP contribution in [0.25, 0.3) is 0 Å². The Bertz CT molecular complexity index is 1070. The van der Waals surface area contributed by atoms with E-state index in [0.717, 1.165) is 21.7 Å². The van der Waals surface area contributed by atoms with Crippen molar-refractivity contribution in [2.24, 2.45) is 0 Å². The number of hydrogen-bond acceptors (Lipinski definition) is 4. The zero-order chi connectivity index (χ0) is 24.1. The molecule has 0 fully saturated rings. The first-order chi connectivity index (χ1) is 15.0. The first-order valence-corrected chi connectivity index (χ1v) is 12.6. The van der Waals surface area contributed by atoms with E-state index in [0.29, 0.717) is 6.42 Å². The third-order valence-corrected chi connectivity index (χ3v) is 6.46. The SMILES string of the molecule is CCC(C(=O)NC)N(Cc1cccc(C)c1)C(=O)CN(c1cc(Cl)cc(Cl)c1)S(C)(=O)=O. The van der Waals surface area contributed by atoms with E-state index >= 15 is 0 Å². The average molecular weight is 500 g/mol. The second kappa shape index (κ2) is 11.0. The third-order valence-electron chi connectivity index (χ3n) is 4.88. The number of amides is 2. The summed E-state index contributed by atoms with van der Waals surface area (Å²) >= 11 is 12.1. The molecule has 0 aliphatic rings. The summed E-state index contributed by atoms with van der Waals surface area (Å²) in [6.07, 6.45) is 1.36. The van der Waals surface area contributed by atoms with E-state index in [1.54, 1.807) is 6.92 Å². The summed E-state index contributed by atoms with van der Waals surface area (Å²) in [6.45, 7) is 3.37. The first-order valence-electron chi connectivity index (χ1n) is 9.96. The minimum atomic E-state index is -3.85. The summed E-state index contributed by atoms with van der Waals surface area (Å²) in [7, 11) is -2.35. The fourth-order valence-electron chi connectivity index (χ4n) is 3.39. The van der Waals surface area contributed by atoms with Crippen LogP contribution in [-0.2, 0) is 26.2 Å². The predicted molar refractivity (Wildman–Crippen MR) is 129 cm³/mol. The van der Waals surface area contributed by atoms with Gasteiger partial charge in [0.25, 0.3) is 0 Å². The molecular formula is C22H27Cl2N3O4S. The van der Waals surface area contributed by atoms with E-state index in [1.807, 2.05) is 31.2 Å². The van der Waals surface area contributed by atoms with Crippen molar-refractivity contribution in [1.29, 1.82) is 0 Å². The van der Waals surface area contributed by atoms with E-state index in [-0.39, 0.29) is 28.2 Å². The van der Waals surface area contributed by atoms with Crippen molar-refractivity contribution in [3.05, 3.63) is 63.6 Å². The van der Waals surface area contributed by atoms with Crippen molar-refractivity contribution < 1.29 is 18.0 Å². The molecule has 2 amide bonds. The predicted octanol–water partition coefficient (Wildman–Crippen LogP) is 3.62. The highest BCUT2D eigenvalue weighted by atomic mass is 35.5. The van der Waals surface area contributed by atoms with Gasteiger partial charge in [0.1, 0.15) is 12.6 Å². The fraction of sp³-hybridized carbons (Fsp3) is 0.364. The second-order valence-electron chi connectivity index (χ2n) is 7.45. The van der Waals surface area contributed by atoms with Crippen LogP contribution < -0.4 is 9.62 Å². The molecular weight excluding hydrogens is 473 g/mol. The fourth-order valence-corrected chi connectivity index (χ4v) is 4.74. The Morgan fingerprint density at radius 1 is 1.09 bits per heavy atom. The molecule has 0 saturated heterocycles. The van der Waals surface area contributed by atoms with Gasteiger partial charge in [-0.2, -0.15) is 0 Å². The molecule has 2 aromatic carbocycles. The number of sulfonamides is 1. The molecule has 10 heteroatoms. The van der Waals surface area contributed by atoms with Gasteiger partial charge in [0.2, 0.25) is 21.8 Å². The zero-order valence-corrected chi connectivity index (χ0v) is 20.8. The first kappa shape index (κ1) is 26.0. The van der Waals surface area contributed by atoms with Crippen molar-refractivity contribution in [3.63, 3.8) is 0 Å². The quantitative estimate of drug-likeness (QED) is 0.570. The van der Waals surface area contributed by atoms with E-state index in [9.17, 15) is 18.0 Å². The smallest absolute Gasteiger partial charge is 0.244 e. The third kappa shape index (κ3) is 6.85. The number of carbonyl (C=O) groups excluding carboxylic acids is 2. The topological polar surface area (TPSA) is 86.8 Å². The van der Waals surface area contributed by atoms with Gasteiger partial charge in [0, 0.05) is 23.6 Å². The number of aryl methyl sites for hydroxylation is 1. The van der Waals surface area contributed by atoms with Crippen molar-refractivity contribution in [2.45, 2.75) is 32.9 Å². The van der Waals surface area contributed by atoms with Crippen molar-refractivity contribution in [2.75, 3.05) is 24.2 Å². The Balaban J connectivity index is 2.46. The molecule has 0 aromatic heterocycles. The number of benzene rings is 2. The number of anilines is 1. The Morgan fingerprint density at radius 2 is 1.72 bits per heavy atom. The van der Waals surface area contributed by atoms with E-state index in [2.05, 4.69) is 5.32 Å². The van der Waals surface area contributed by atoms with Crippen LogP contribution >= 0.6 is 23.2 Å². The van der Waals surface area contributed by atoms with Gasteiger partial charge < -0.3 is 10.2 Å². The van der Waals surface area contributed by atoms with Crippen LogP contribution in [0.4, 0.5) is 5.69 Å². The van der Waals surface area contributed by atoms with E-state index in [4.69, 9.17) is 23.2 Å². The monoisotopic (exact) mass is 499 g/mol. The van der Waals surface area contributed by atoms with Gasteiger partial charge >= 0.3 is 0 Å². The van der Waals surface area contributed by atoms with Gasteiger partial charge in [-0.3, -0.25) is 13.9 Å². The Kier molecular flexibility index (Phi) is 8.95. The number of hydrogen-bond donors (Lipinski definition) is 1. The number of nitrogens with zero attached hydrogens (tertiary/aromatic N) is 2. The maximum atomic E-state index is 13.4. The summed E-state index contributed by atoms with van der Waals surface area (Å²) in [5.74, 6) is -0.853. The summed E-state index contributed by atoms with van der Waals surface area (Å²) < 4.78 is 26.0. The highest BCUT2D eigenvalue weighted by Gasteiger charge is 2.31. The minimum Gasteiger partial charge on any atom is -0.357 e. The lowest BCUT2D eigenvalue weighted by molar-refractivity contribution is -0.140. The van der Waals surface area contributed by atoms with Gasteiger partial charge in [-0.25, -0.2) is 8.42 Å². The van der Waals surface area contributed by atoms with Gasteiger partial charge in [-0.05, 0) is 37.1 Å². The number of likely N-dealkylation sites (N-methyl/N-ethyl adjacent to an activating group) is 1. The Labute approximate surface area is 199 Å². The van der Waals surface area contributed by atoms with Crippen LogP contribution in [0.1, 0.15) is 24.5 Å². The van der Waals surface area contributed by atoms with Gasteiger partial charge in [0.05, 0.1) is 11.9 Å². The van der Waals surface area contributed by atoms with Crippen molar-refractivity contribution >= 4 is 50.7 Å². The summed E-state index contributed by atoms with van der Waals surface area (Å²) in [5, 5.41) is 3.06. The van der Waals surface area contributed by atoms with Crippen LogP contribution in [0.5, 0.6) is 0 Å². The molecule has 1 unspecified atom stereocenters. The maximum absolute atomic E-state index is 13.4. The summed E-state index contributed by atoms with van der Waals surface area (Å²) in [4.78, 5) is 27.3. The lowest BCUT2D eigenvalue weighted by Gasteiger charge is -2.32. The summed E-state index contributed by atoms with van der Waals surface area (Å²) in [5.41, 5.74) is 2.01. The minimum absolute atomic E-state index is 0.153. The zero-order valence-electron chi connectivity index (χ0n) is 18.4. The van der Waals surface area contributed by atoms with Crippen LogP contribution in [0.3, 0.4) is 0 Å². The van der Waals surface area contributed by atoms with Crippen molar-refractivity contribution in [3.8, 4) is 0 Å². The van der Waals surface area contributed by atoms with Gasteiger partial charge in [-0.15, -0.1) is 0 Å². The van der Waals surface area contributed by atoms with Crippen LogP contribution in [0.15, 0.2) is 42.5 Å². The second-order valence-corrected chi connectivity index (χ2v) is 10.2. The van der Waals surface area contributed by atoms with Crippen LogP contribution in [0, 0.1) is 6.92 Å². The molecule has 0 aliphatic heterocycles. The molecule has 32 heavy (non-hydrogen) atoms. The Hall–Kier alpha value is -2.29. The van der Waals surface area contributed by atoms with Crippen molar-refractivity contribution in [1.82, 2.24) is 10.2 Å². The Morgan fingerprint density at radius 3 is 2.22 bits per heavy atom. The summed E-state index contributed by atoms with van der Waals surface area (Å²) in [6, 6.07) is 11.1. The molecule has 1 N–H and O–H groups in total. The molecule has 0 saturated carbocycles. The highest BCUT2D eigenvalue weighted by molar-refractivity contribution is 7.92. The lowest BCUT2D eigenvalue weighted by Crippen LogP contribution is -2.51. The van der Waals surface area contributed by atoms with Crippen LogP contribution in [0.2, 0.25) is 10.0 Å². The molecule has 2 rings (SSSR count). The van der Waals surface area contributed by atoms with Crippen LogP contribution in [-0.4, -0.2) is 51.0 Å². The molecule has 0 bridgehead atoms. The lowest BCUT2D eigenvalue weighted by atomic mass is 10.1. The molecule has 0 spiro atoms. The number of halogens is 2. The normalized spacial score (nSPS) is 12.2. The highest BCUT2D eigenvalue weighted by Crippen LogP contribution is 2.27. The van der Waals surface area contributed by atoms with E-state index < -0.39 is 28.5 Å². The maximum Gasteiger partial charge on any atom is 0.244 e. The average Bonchev–Trinajstić information content (AvgIpc) is 2.69. The number of rotatable bonds is 9. The molecule has 0 heterocycles. The molecule has 174 valence electrons. The van der Waals surface area contributed by atoms with Gasteiger partial charge in [-0.1, -0.05) is 60.0 Å². The molecule has 0 radical (unpaired) electrons. The number of nitrogens with one attached hydrogen (secondary N) is 1. The van der Waals surface area contributed by atoms with E-state index in [1.165, 1.54) is 30.1 Å². The standard InChI is InChI=1S/C22H27Cl2N3O4S/c1-5-20(22(29)25-3)26(13-16-8-6-7-15(2)9-16)21(28)14-27(32(4,30)31)19-11-17(23)10-18(24)12-19/h6-12,20H,5,13-14H2,1-4H3,(H,25,29). The number of carbonyl (C=O) groups is 2.